The summed E-state index contributed by atoms with van der Waals surface area (Å²) >= 11 is 0. The number of carbonyl (C=O) groups is 2. The Bertz CT molecular complexity index is 553. The number of nitrogens with zero attached hydrogens (tertiary/aromatic N) is 2. The van der Waals surface area contributed by atoms with E-state index in [-0.39, 0.29) is 30.4 Å². The van der Waals surface area contributed by atoms with Crippen molar-refractivity contribution in [2.24, 2.45) is 5.92 Å². The molecule has 5 heteroatoms. The van der Waals surface area contributed by atoms with Gasteiger partial charge in [-0.2, -0.15) is 0 Å². The van der Waals surface area contributed by atoms with Gasteiger partial charge in [0.1, 0.15) is 0 Å². The van der Waals surface area contributed by atoms with Gasteiger partial charge >= 0.3 is 0 Å². The van der Waals surface area contributed by atoms with Crippen LogP contribution in [0.2, 0.25) is 0 Å². The molecule has 5 nitrogen and oxygen atoms in total. The second-order valence-electron chi connectivity index (χ2n) is 6.44. The van der Waals surface area contributed by atoms with Crippen LogP contribution in [0.4, 0.5) is 0 Å². The summed E-state index contributed by atoms with van der Waals surface area (Å²) < 4.78 is 0. The number of aliphatic hydroxyl groups is 1. The topological polar surface area (TPSA) is 60.9 Å². The van der Waals surface area contributed by atoms with Gasteiger partial charge in [0.15, 0.2) is 0 Å². The van der Waals surface area contributed by atoms with Gasteiger partial charge in [-0.25, -0.2) is 0 Å². The molecule has 1 atom stereocenters. The molecule has 124 valence electrons. The van der Waals surface area contributed by atoms with E-state index in [1.807, 2.05) is 40.1 Å². The van der Waals surface area contributed by atoms with Crippen LogP contribution in [0.3, 0.4) is 0 Å². The summed E-state index contributed by atoms with van der Waals surface area (Å²) in [4.78, 5) is 28.7. The minimum absolute atomic E-state index is 0.00789. The monoisotopic (exact) mass is 316 g/mol. The average Bonchev–Trinajstić information content (AvgIpc) is 3.10. The maximum Gasteiger partial charge on any atom is 0.253 e. The minimum atomic E-state index is -0.0121. The predicted molar refractivity (Wildman–Crippen MR) is 86.9 cm³/mol. The van der Waals surface area contributed by atoms with Gasteiger partial charge in [0, 0.05) is 31.1 Å². The second kappa shape index (κ2) is 7.13. The van der Waals surface area contributed by atoms with Crippen LogP contribution in [0.1, 0.15) is 36.0 Å². The number of likely N-dealkylation sites (tertiary alicyclic amines) is 2. The van der Waals surface area contributed by atoms with Gasteiger partial charge in [0.25, 0.3) is 5.91 Å². The Morgan fingerprint density at radius 3 is 2.39 bits per heavy atom. The molecule has 2 aliphatic rings. The smallest absolute Gasteiger partial charge is 0.253 e. The summed E-state index contributed by atoms with van der Waals surface area (Å²) in [7, 11) is 0. The van der Waals surface area contributed by atoms with Gasteiger partial charge < -0.3 is 14.9 Å². The molecule has 0 saturated carbocycles. The lowest BCUT2D eigenvalue weighted by atomic mass is 9.94. The number of hydrogen-bond acceptors (Lipinski definition) is 3. The van der Waals surface area contributed by atoms with Crippen molar-refractivity contribution in [1.82, 2.24) is 9.80 Å². The molecule has 1 N–H and O–H groups in total. The lowest BCUT2D eigenvalue weighted by Gasteiger charge is -2.34. The molecule has 1 aromatic carbocycles. The SMILES string of the molecule is O=C(c1ccccc1)N1CCC(C(=O)N2CCCC2CO)CC1. The molecule has 3 rings (SSSR count). The fourth-order valence-electron chi connectivity index (χ4n) is 3.64. The zero-order valence-electron chi connectivity index (χ0n) is 13.4. The van der Waals surface area contributed by atoms with Gasteiger partial charge in [-0.05, 0) is 37.8 Å². The van der Waals surface area contributed by atoms with E-state index in [2.05, 4.69) is 0 Å². The molecule has 1 unspecified atom stereocenters. The summed E-state index contributed by atoms with van der Waals surface area (Å²) in [5.74, 6) is 0.196. The summed E-state index contributed by atoms with van der Waals surface area (Å²) in [5.41, 5.74) is 0.706. The molecule has 2 aliphatic heterocycles. The van der Waals surface area contributed by atoms with E-state index in [4.69, 9.17) is 0 Å². The summed E-state index contributed by atoms with van der Waals surface area (Å²) in [6.07, 6.45) is 3.30. The maximum atomic E-state index is 12.6. The third kappa shape index (κ3) is 3.39. The van der Waals surface area contributed by atoms with Gasteiger partial charge in [-0.3, -0.25) is 9.59 Å². The zero-order chi connectivity index (χ0) is 16.2. The summed E-state index contributed by atoms with van der Waals surface area (Å²) in [6.45, 7) is 2.06. The molecule has 1 aromatic rings. The third-order valence-corrected chi connectivity index (χ3v) is 5.02. The summed E-state index contributed by atoms with van der Waals surface area (Å²) in [6, 6.07) is 9.28. The van der Waals surface area contributed by atoms with E-state index < -0.39 is 0 Å². The van der Waals surface area contributed by atoms with Crippen LogP contribution >= 0.6 is 0 Å². The Morgan fingerprint density at radius 1 is 1.04 bits per heavy atom. The van der Waals surface area contributed by atoms with Crippen molar-refractivity contribution in [2.45, 2.75) is 31.7 Å². The Morgan fingerprint density at radius 2 is 1.74 bits per heavy atom. The molecule has 2 amide bonds. The first-order valence-corrected chi connectivity index (χ1v) is 8.46. The number of amides is 2. The van der Waals surface area contributed by atoms with Crippen molar-refractivity contribution in [1.29, 1.82) is 0 Å². The largest absolute Gasteiger partial charge is 0.394 e. The minimum Gasteiger partial charge on any atom is -0.394 e. The van der Waals surface area contributed by atoms with Gasteiger partial charge in [-0.1, -0.05) is 18.2 Å². The molecule has 2 saturated heterocycles. The first-order valence-electron chi connectivity index (χ1n) is 8.46. The molecular formula is C18H24N2O3. The van der Waals surface area contributed by atoms with Crippen molar-refractivity contribution in [3.05, 3.63) is 35.9 Å². The Kier molecular flexibility index (Phi) is 4.96. The lowest BCUT2D eigenvalue weighted by molar-refractivity contribution is -0.138. The molecule has 0 spiro atoms. The van der Waals surface area contributed by atoms with E-state index in [1.165, 1.54) is 0 Å². The fourth-order valence-corrected chi connectivity index (χ4v) is 3.64. The molecule has 0 bridgehead atoms. The number of hydrogen-bond donors (Lipinski definition) is 1. The molecule has 23 heavy (non-hydrogen) atoms. The Balaban J connectivity index is 1.56. The lowest BCUT2D eigenvalue weighted by Crippen LogP contribution is -2.46. The van der Waals surface area contributed by atoms with Gasteiger partial charge in [-0.15, -0.1) is 0 Å². The number of rotatable bonds is 3. The van der Waals surface area contributed by atoms with E-state index in [9.17, 15) is 14.7 Å². The van der Waals surface area contributed by atoms with E-state index in [0.29, 0.717) is 31.5 Å². The van der Waals surface area contributed by atoms with Crippen LogP contribution in [0.15, 0.2) is 30.3 Å². The molecule has 2 heterocycles. The maximum absolute atomic E-state index is 12.6. The second-order valence-corrected chi connectivity index (χ2v) is 6.44. The third-order valence-electron chi connectivity index (χ3n) is 5.02. The highest BCUT2D eigenvalue weighted by molar-refractivity contribution is 5.94. The number of carbonyl (C=O) groups excluding carboxylic acids is 2. The van der Waals surface area contributed by atoms with Crippen LogP contribution in [0.5, 0.6) is 0 Å². The highest BCUT2D eigenvalue weighted by Crippen LogP contribution is 2.25. The van der Waals surface area contributed by atoms with Crippen molar-refractivity contribution in [2.75, 3.05) is 26.2 Å². The molecule has 0 aliphatic carbocycles. The molecule has 2 fully saturated rings. The highest BCUT2D eigenvalue weighted by Gasteiger charge is 2.35. The molecular weight excluding hydrogens is 292 g/mol. The van der Waals surface area contributed by atoms with Crippen LogP contribution in [-0.2, 0) is 4.79 Å². The van der Waals surface area contributed by atoms with Gasteiger partial charge in [0.2, 0.25) is 5.91 Å². The molecule has 0 radical (unpaired) electrons. The number of benzene rings is 1. The Labute approximate surface area is 136 Å². The standard InChI is InChI=1S/C18H24N2O3/c21-13-16-7-4-10-20(16)18(23)15-8-11-19(12-9-15)17(22)14-5-2-1-3-6-14/h1-3,5-6,15-16,21H,4,7-13H2. The first-order chi connectivity index (χ1) is 11.2. The first kappa shape index (κ1) is 16.0. The average molecular weight is 316 g/mol. The van der Waals surface area contributed by atoms with Gasteiger partial charge in [0.05, 0.1) is 12.6 Å². The quantitative estimate of drug-likeness (QED) is 0.920. The number of aliphatic hydroxyl groups excluding tert-OH is 1. The molecule has 0 aromatic heterocycles. The van der Waals surface area contributed by atoms with Crippen LogP contribution in [0, 0.1) is 5.92 Å². The van der Waals surface area contributed by atoms with Crippen molar-refractivity contribution >= 4 is 11.8 Å². The van der Waals surface area contributed by atoms with E-state index in [1.54, 1.807) is 0 Å². The fraction of sp³-hybridized carbons (Fsp3) is 0.556. The Hall–Kier alpha value is -1.88. The summed E-state index contributed by atoms with van der Waals surface area (Å²) in [5, 5.41) is 9.38. The van der Waals surface area contributed by atoms with Crippen LogP contribution < -0.4 is 0 Å². The van der Waals surface area contributed by atoms with Crippen LogP contribution in [-0.4, -0.2) is 59.0 Å². The highest BCUT2D eigenvalue weighted by atomic mass is 16.3. The normalized spacial score (nSPS) is 22.4. The van der Waals surface area contributed by atoms with Crippen LogP contribution in [0.25, 0.3) is 0 Å². The van der Waals surface area contributed by atoms with Crippen molar-refractivity contribution < 1.29 is 14.7 Å². The van der Waals surface area contributed by atoms with Crippen molar-refractivity contribution in [3.63, 3.8) is 0 Å². The van der Waals surface area contributed by atoms with E-state index in [0.717, 1.165) is 19.4 Å². The number of piperidine rings is 1. The van der Waals surface area contributed by atoms with Crippen molar-refractivity contribution in [3.8, 4) is 0 Å². The predicted octanol–water partition coefficient (Wildman–Crippen LogP) is 1.52. The zero-order valence-corrected chi connectivity index (χ0v) is 13.4. The van der Waals surface area contributed by atoms with E-state index >= 15 is 0 Å².